The third-order valence-corrected chi connectivity index (χ3v) is 8.36. The largest absolute Gasteiger partial charge is 0.510 e. The fourth-order valence-corrected chi connectivity index (χ4v) is 6.62. The summed E-state index contributed by atoms with van der Waals surface area (Å²) >= 11 is 0. The molecule has 1 amide bonds. The van der Waals surface area contributed by atoms with Crippen LogP contribution in [0.4, 0.5) is 0 Å². The number of aromatic hydroxyl groups is 1. The zero-order valence-electron chi connectivity index (χ0n) is 23.5. The molecule has 0 aliphatic heterocycles. The molecular formula is C31H32N2O9. The van der Waals surface area contributed by atoms with Crippen LogP contribution in [0.3, 0.4) is 0 Å². The minimum Gasteiger partial charge on any atom is -0.510 e. The fraction of sp³-hybridized carbons (Fsp3) is 0.355. The number of hydrogen-bond donors (Lipinski definition) is 5. The van der Waals surface area contributed by atoms with Gasteiger partial charge in [-0.15, -0.1) is 0 Å². The van der Waals surface area contributed by atoms with Gasteiger partial charge in [-0.3, -0.25) is 19.3 Å². The van der Waals surface area contributed by atoms with E-state index in [2.05, 4.69) is 0 Å². The van der Waals surface area contributed by atoms with Crippen molar-refractivity contribution in [3.63, 3.8) is 0 Å². The van der Waals surface area contributed by atoms with Gasteiger partial charge in [-0.25, -0.2) is 4.79 Å². The van der Waals surface area contributed by atoms with Crippen molar-refractivity contribution in [2.75, 3.05) is 14.1 Å². The Kier molecular flexibility index (Phi) is 6.99. The predicted molar refractivity (Wildman–Crippen MR) is 150 cm³/mol. The zero-order chi connectivity index (χ0) is 30.8. The van der Waals surface area contributed by atoms with Gasteiger partial charge in [0.2, 0.25) is 5.78 Å². The molecule has 0 heterocycles. The Morgan fingerprint density at radius 1 is 1.10 bits per heavy atom. The van der Waals surface area contributed by atoms with Crippen LogP contribution in [0.2, 0.25) is 0 Å². The Balaban J connectivity index is 1.67. The van der Waals surface area contributed by atoms with Gasteiger partial charge in [0.05, 0.1) is 23.3 Å². The minimum atomic E-state index is -2.71. The van der Waals surface area contributed by atoms with Crippen molar-refractivity contribution in [3.05, 3.63) is 75.8 Å². The quantitative estimate of drug-likeness (QED) is 0.261. The van der Waals surface area contributed by atoms with Crippen LogP contribution in [0.1, 0.15) is 46.5 Å². The lowest BCUT2D eigenvalue weighted by Crippen LogP contribution is -2.63. The van der Waals surface area contributed by atoms with E-state index in [1.54, 1.807) is 58.3 Å². The van der Waals surface area contributed by atoms with Gasteiger partial charge in [-0.2, -0.15) is 0 Å². The summed E-state index contributed by atoms with van der Waals surface area (Å²) in [4.78, 5) is 53.6. The van der Waals surface area contributed by atoms with E-state index < -0.39 is 64.0 Å². The topological polar surface area (TPSA) is 188 Å². The second-order valence-corrected chi connectivity index (χ2v) is 11.5. The summed E-state index contributed by atoms with van der Waals surface area (Å²) in [5, 5.41) is 44.9. The number of phenolic OH excluding ortho intramolecular Hbond substituents is 1. The molecule has 6 N–H and O–H groups in total. The Hall–Kier alpha value is -4.48. The molecular weight excluding hydrogens is 544 g/mol. The summed E-state index contributed by atoms with van der Waals surface area (Å²) in [5.41, 5.74) is 3.38. The number of rotatable bonds is 5. The maximum atomic E-state index is 13.9. The number of nitrogens with zero attached hydrogens (tertiary/aromatic N) is 1. The molecule has 3 aliphatic rings. The molecule has 2 aromatic carbocycles. The Morgan fingerprint density at radius 2 is 1.79 bits per heavy atom. The van der Waals surface area contributed by atoms with Crippen LogP contribution in [0, 0.1) is 11.8 Å². The van der Waals surface area contributed by atoms with Gasteiger partial charge in [0.25, 0.3) is 5.91 Å². The van der Waals surface area contributed by atoms with Crippen molar-refractivity contribution >= 4 is 23.4 Å². The molecule has 0 unspecified atom stereocenters. The highest BCUT2D eigenvalue weighted by atomic mass is 16.5. The summed E-state index contributed by atoms with van der Waals surface area (Å²) in [6, 6.07) is 8.53. The first-order valence-electron chi connectivity index (χ1n) is 13.5. The van der Waals surface area contributed by atoms with E-state index in [1.807, 2.05) is 0 Å². The number of ketones is 2. The number of carbonyl (C=O) groups is 4. The summed E-state index contributed by atoms with van der Waals surface area (Å²) in [6.45, 7) is 3.47. The maximum absolute atomic E-state index is 13.9. The molecule has 2 aromatic rings. The third kappa shape index (κ3) is 4.19. The SMILES string of the molecule is CC(C)OC(=O)c1cccc(-c2ccc(O)c3c2C[C@H]2C[C@H]4[C@@H](N(C)C)C(O)=C(C(N)=O)C(=O)[C@@]4(O)C(O)=C2C3=O)c1. The van der Waals surface area contributed by atoms with Crippen molar-refractivity contribution in [3.8, 4) is 16.9 Å². The van der Waals surface area contributed by atoms with Crippen LogP contribution in [0.25, 0.3) is 11.1 Å². The number of nitrogens with two attached hydrogens (primary N) is 1. The van der Waals surface area contributed by atoms with Gasteiger partial charge in [0, 0.05) is 11.5 Å². The molecule has 0 radical (unpaired) electrons. The number of allylic oxidation sites excluding steroid dienone is 1. The number of hydrogen-bond acceptors (Lipinski definition) is 10. The number of fused-ring (bicyclic) bond motifs is 3. The van der Waals surface area contributed by atoms with Gasteiger partial charge in [-0.1, -0.05) is 18.2 Å². The number of Topliss-reactive ketones (excluding diaryl/α,β-unsaturated/α-hetero) is 2. The van der Waals surface area contributed by atoms with Gasteiger partial charge in [0.15, 0.2) is 11.4 Å². The van der Waals surface area contributed by atoms with Crippen LogP contribution < -0.4 is 5.73 Å². The Morgan fingerprint density at radius 3 is 2.40 bits per heavy atom. The molecule has 220 valence electrons. The van der Waals surface area contributed by atoms with E-state index in [9.17, 15) is 39.6 Å². The highest BCUT2D eigenvalue weighted by Crippen LogP contribution is 2.53. The van der Waals surface area contributed by atoms with Gasteiger partial charge in [-0.05, 0) is 81.6 Å². The molecule has 0 spiro atoms. The number of carbonyl (C=O) groups excluding carboxylic acids is 4. The van der Waals surface area contributed by atoms with E-state index >= 15 is 0 Å². The van der Waals surface area contributed by atoms with Crippen LogP contribution >= 0.6 is 0 Å². The summed E-state index contributed by atoms with van der Waals surface area (Å²) in [6.07, 6.45) is -0.227. The molecule has 11 nitrogen and oxygen atoms in total. The van der Waals surface area contributed by atoms with Crippen molar-refractivity contribution in [2.45, 2.75) is 44.4 Å². The first kappa shape index (κ1) is 29.0. The number of aliphatic hydroxyl groups excluding tert-OH is 2. The minimum absolute atomic E-state index is 0.0262. The average molecular weight is 577 g/mol. The Bertz CT molecular complexity index is 1620. The standard InChI is InChI=1S/C31H32N2O9/c1-13(2)42-30(40)15-7-5-6-14(10-15)17-8-9-20(34)22-18(17)11-16-12-19-24(33(3)4)26(36)23(29(32)39)28(38)31(19,41)27(37)21(16)25(22)35/h5-10,13,16,19,24,34,36-37,41H,11-12H2,1-4H3,(H2,32,39)/t16-,19-,24+,31-/m0/s1. The highest BCUT2D eigenvalue weighted by molar-refractivity contribution is 6.25. The summed E-state index contributed by atoms with van der Waals surface area (Å²) in [7, 11) is 3.14. The monoisotopic (exact) mass is 576 g/mol. The molecule has 4 atom stereocenters. The van der Waals surface area contributed by atoms with E-state index in [1.165, 1.54) is 11.0 Å². The number of ether oxygens (including phenoxy) is 1. The maximum Gasteiger partial charge on any atom is 0.338 e. The molecule has 0 fully saturated rings. The smallest absolute Gasteiger partial charge is 0.338 e. The second kappa shape index (κ2) is 10.1. The summed E-state index contributed by atoms with van der Waals surface area (Å²) < 4.78 is 5.31. The number of primary amides is 1. The molecule has 5 rings (SSSR count). The lowest BCUT2D eigenvalue weighted by Gasteiger charge is -2.50. The van der Waals surface area contributed by atoms with Crippen LogP contribution in [-0.2, 0) is 20.7 Å². The number of phenols is 1. The van der Waals surface area contributed by atoms with Gasteiger partial charge in [0.1, 0.15) is 22.8 Å². The van der Waals surface area contributed by atoms with Crippen molar-refractivity contribution in [1.29, 1.82) is 0 Å². The lowest BCUT2D eigenvalue weighted by molar-refractivity contribution is -0.148. The fourth-order valence-electron chi connectivity index (χ4n) is 6.62. The van der Waals surface area contributed by atoms with Crippen molar-refractivity contribution in [2.24, 2.45) is 17.6 Å². The number of likely N-dealkylation sites (N-methyl/N-ethyl adjacent to an activating group) is 1. The predicted octanol–water partition coefficient (Wildman–Crippen LogP) is 2.35. The van der Waals surface area contributed by atoms with Gasteiger partial charge >= 0.3 is 5.97 Å². The molecule has 0 saturated heterocycles. The summed E-state index contributed by atoms with van der Waals surface area (Å²) in [5.74, 6) is -7.63. The third-order valence-electron chi connectivity index (χ3n) is 8.36. The molecule has 0 aromatic heterocycles. The Labute approximate surface area is 241 Å². The molecule has 0 saturated carbocycles. The van der Waals surface area contributed by atoms with Crippen LogP contribution in [0.5, 0.6) is 5.75 Å². The first-order chi connectivity index (χ1) is 19.7. The van der Waals surface area contributed by atoms with E-state index in [0.29, 0.717) is 22.3 Å². The van der Waals surface area contributed by atoms with E-state index in [4.69, 9.17) is 10.5 Å². The average Bonchev–Trinajstić information content (AvgIpc) is 2.90. The molecule has 42 heavy (non-hydrogen) atoms. The second-order valence-electron chi connectivity index (χ2n) is 11.5. The molecule has 0 bridgehead atoms. The number of aliphatic hydroxyl groups is 3. The number of amides is 1. The van der Waals surface area contributed by atoms with Crippen LogP contribution in [-0.4, -0.2) is 80.6 Å². The van der Waals surface area contributed by atoms with Crippen molar-refractivity contribution < 1.29 is 44.3 Å². The molecule has 3 aliphatic carbocycles. The number of benzene rings is 2. The van der Waals surface area contributed by atoms with Gasteiger partial charge < -0.3 is 30.9 Å². The van der Waals surface area contributed by atoms with Crippen molar-refractivity contribution in [1.82, 2.24) is 4.90 Å². The highest BCUT2D eigenvalue weighted by Gasteiger charge is 2.63. The lowest BCUT2D eigenvalue weighted by atomic mass is 9.58. The van der Waals surface area contributed by atoms with E-state index in [0.717, 1.165) is 0 Å². The number of esters is 1. The molecule has 11 heteroatoms. The first-order valence-corrected chi connectivity index (χ1v) is 13.5. The normalized spacial score (nSPS) is 25.4. The zero-order valence-corrected chi connectivity index (χ0v) is 23.5. The van der Waals surface area contributed by atoms with Crippen LogP contribution in [0.15, 0.2) is 59.1 Å². The van der Waals surface area contributed by atoms with E-state index in [-0.39, 0.29) is 35.8 Å².